The third kappa shape index (κ3) is 724. The minimum Gasteiger partial charge on any atom is -0.693 e. The van der Waals surface area contributed by atoms with Crippen molar-refractivity contribution in [2.24, 2.45) is 5.34 Å². The average Bonchev–Trinajstić information content (AvgIpc) is 1.33. The Balaban J connectivity index is -0.00000000444. The maximum absolute atomic E-state index is 8.47. The molecule has 12 nitrogen and oxygen atoms in total. The van der Waals surface area contributed by atoms with Crippen LogP contribution in [-0.2, 0) is 16.8 Å². The summed E-state index contributed by atoms with van der Waals surface area (Å²) in [5, 5.41) is 21.5. The van der Waals surface area contributed by atoms with E-state index >= 15 is 0 Å². The standard InChI is InChI=1S/Co.H2NO3.HNO2.5H2N/c;2-1(3)4;2-1-3;;;;;/h;(H2,2,3,4);(H,2,3);5*1H2/q+3;+1;;5*-1/p-1. The Morgan fingerprint density at radius 1 is 1.00 bits per heavy atom. The molecule has 0 fully saturated rings. The molecular formula is H12CoN7O5-2. The van der Waals surface area contributed by atoms with E-state index in [1.807, 2.05) is 0 Å². The minimum atomic E-state index is -1.25. The van der Waals surface area contributed by atoms with E-state index in [9.17, 15) is 0 Å². The van der Waals surface area contributed by atoms with Gasteiger partial charge in [0.1, 0.15) is 4.91 Å². The Hall–Kier alpha value is -1.09. The molecule has 0 saturated heterocycles. The molecule has 0 amide bonds. The molecule has 0 heterocycles. The quantitative estimate of drug-likeness (QED) is 0.479. The first-order chi connectivity index (χ1) is 3.15. The average molecular weight is 249 g/mol. The van der Waals surface area contributed by atoms with Crippen LogP contribution in [0.15, 0.2) is 5.34 Å². The molecule has 0 spiro atoms. The van der Waals surface area contributed by atoms with Crippen molar-refractivity contribution in [2.75, 3.05) is 0 Å². The van der Waals surface area contributed by atoms with Gasteiger partial charge < -0.3 is 40.9 Å². The van der Waals surface area contributed by atoms with E-state index in [4.69, 9.17) is 25.4 Å². The van der Waals surface area contributed by atoms with Crippen molar-refractivity contribution in [1.82, 2.24) is 0 Å². The van der Waals surface area contributed by atoms with Crippen LogP contribution in [0.3, 0.4) is 0 Å². The normalized spacial score (nSPS) is 2.77. The first kappa shape index (κ1) is 92.8. The van der Waals surface area contributed by atoms with Crippen molar-refractivity contribution in [2.45, 2.75) is 0 Å². The van der Waals surface area contributed by atoms with E-state index in [2.05, 4.69) is 0 Å². The summed E-state index contributed by atoms with van der Waals surface area (Å²) in [4.78, 5) is 16.5. The Kier molecular flexibility index (Phi) is 905. The predicted molar refractivity (Wildman–Crippen MR) is 42.8 cm³/mol. The van der Waals surface area contributed by atoms with Gasteiger partial charge in [-0.25, -0.2) is 10.4 Å². The van der Waals surface area contributed by atoms with Gasteiger partial charge in [0, 0.05) is 0 Å². The van der Waals surface area contributed by atoms with Crippen LogP contribution in [0.4, 0.5) is 0 Å². The number of hydrogen-bond donors (Lipinski definition) is 2. The van der Waals surface area contributed by atoms with Crippen LogP contribution >= 0.6 is 0 Å². The van der Waals surface area contributed by atoms with Crippen LogP contribution < -0.4 is 0 Å². The molecule has 0 aromatic heterocycles. The molecule has 88 valence electrons. The second-order valence-electron chi connectivity index (χ2n) is 0.327. The second kappa shape index (κ2) is 127. The van der Waals surface area contributed by atoms with Gasteiger partial charge in [-0.3, -0.25) is 0 Å². The summed E-state index contributed by atoms with van der Waals surface area (Å²) in [6.45, 7) is 0. The van der Waals surface area contributed by atoms with Gasteiger partial charge in [-0.05, 0) is 0 Å². The van der Waals surface area contributed by atoms with Gasteiger partial charge in [-0.1, -0.05) is 0 Å². The largest absolute Gasteiger partial charge is 3.00 e. The van der Waals surface area contributed by atoms with Crippen LogP contribution in [0.25, 0.3) is 30.8 Å². The zero-order valence-electron chi connectivity index (χ0n) is 6.23. The van der Waals surface area contributed by atoms with Crippen molar-refractivity contribution in [3.05, 3.63) is 45.8 Å². The number of nitrogens with two attached hydrogens (primary N) is 5. The summed E-state index contributed by atoms with van der Waals surface area (Å²) in [5.74, 6) is 0. The maximum Gasteiger partial charge on any atom is 3.00 e. The first-order valence-electron chi connectivity index (χ1n) is 0.948. The molecule has 0 aliphatic rings. The molecule has 0 aromatic rings. The van der Waals surface area contributed by atoms with Crippen molar-refractivity contribution in [3.8, 4) is 0 Å². The number of rotatable bonds is 0. The SMILES string of the molecule is O=N[O-].O=[N+](O)O.[Co+3].[NH2-].[NH2-].[NH2-].[NH2-].[NH2-]. The van der Waals surface area contributed by atoms with Gasteiger partial charge in [0.25, 0.3) is 0 Å². The molecule has 0 aliphatic heterocycles. The van der Waals surface area contributed by atoms with Gasteiger partial charge in [0.2, 0.25) is 0 Å². The van der Waals surface area contributed by atoms with Gasteiger partial charge in [0.15, 0.2) is 0 Å². The molecule has 0 atom stereocenters. The van der Waals surface area contributed by atoms with E-state index < -0.39 is 5.09 Å². The molecule has 0 rings (SSSR count). The maximum atomic E-state index is 8.47. The molecule has 0 aliphatic carbocycles. The third-order valence-corrected chi connectivity index (χ3v) is 0. The molecule has 0 radical (unpaired) electrons. The van der Waals surface area contributed by atoms with Crippen LogP contribution in [0.5, 0.6) is 0 Å². The Morgan fingerprint density at radius 2 is 1.00 bits per heavy atom. The van der Waals surface area contributed by atoms with Crippen molar-refractivity contribution < 1.29 is 32.3 Å². The molecule has 0 aromatic carbocycles. The van der Waals surface area contributed by atoms with Gasteiger partial charge >= 0.3 is 21.9 Å². The fourth-order valence-corrected chi connectivity index (χ4v) is 0. The van der Waals surface area contributed by atoms with Gasteiger partial charge in [0.05, 0.1) is 0 Å². The summed E-state index contributed by atoms with van der Waals surface area (Å²) >= 11 is 0. The Labute approximate surface area is 84.2 Å². The summed E-state index contributed by atoms with van der Waals surface area (Å²) in [6, 6.07) is 0. The molecule has 0 unspecified atom stereocenters. The molecule has 13 heteroatoms. The van der Waals surface area contributed by atoms with E-state index in [-0.39, 0.29) is 47.5 Å². The first-order valence-corrected chi connectivity index (χ1v) is 0.948. The monoisotopic (exact) mass is 249 g/mol. The van der Waals surface area contributed by atoms with Crippen molar-refractivity contribution >= 4 is 0 Å². The van der Waals surface area contributed by atoms with Gasteiger partial charge in [-0.2, -0.15) is 0 Å². The second-order valence-corrected chi connectivity index (χ2v) is 0.327. The van der Waals surface area contributed by atoms with Crippen LogP contribution in [-0.4, -0.2) is 15.5 Å². The summed E-state index contributed by atoms with van der Waals surface area (Å²) < 4.78 is 0. The van der Waals surface area contributed by atoms with Gasteiger partial charge in [-0.15, -0.1) is 5.34 Å². The zero-order chi connectivity index (χ0) is 6.28. The number of hydrogen-bond acceptors (Lipinski definition) is 4. The Bertz CT molecular complexity index is 63.9. The molecule has 13 heavy (non-hydrogen) atoms. The minimum absolute atomic E-state index is 0. The molecular weight excluding hydrogens is 237 g/mol. The zero-order valence-corrected chi connectivity index (χ0v) is 7.27. The number of nitrogens with zero attached hydrogens (tertiary/aromatic N) is 2. The smallest absolute Gasteiger partial charge is 0.693 e. The predicted octanol–water partition coefficient (Wildman–Crippen LogP) is 3.38. The Morgan fingerprint density at radius 3 is 1.00 bits per heavy atom. The summed E-state index contributed by atoms with van der Waals surface area (Å²) in [6.07, 6.45) is 0. The fraction of sp³-hybridized carbons (Fsp3) is 0. The van der Waals surface area contributed by atoms with E-state index in [0.717, 1.165) is 5.34 Å². The molecule has 0 bridgehead atoms. The van der Waals surface area contributed by atoms with Crippen molar-refractivity contribution in [1.29, 1.82) is 0 Å². The van der Waals surface area contributed by atoms with E-state index in [0.29, 0.717) is 0 Å². The van der Waals surface area contributed by atoms with E-state index in [1.165, 1.54) is 0 Å². The third-order valence-electron chi connectivity index (χ3n) is 0. The molecule has 0 saturated carbocycles. The van der Waals surface area contributed by atoms with Crippen LogP contribution in [0.1, 0.15) is 0 Å². The van der Waals surface area contributed by atoms with E-state index in [1.54, 1.807) is 0 Å². The summed E-state index contributed by atoms with van der Waals surface area (Å²) in [5.41, 5.74) is 0. The summed E-state index contributed by atoms with van der Waals surface area (Å²) in [7, 11) is 0. The topological polar surface area (TPSA) is 281 Å². The van der Waals surface area contributed by atoms with Crippen molar-refractivity contribution in [3.63, 3.8) is 0 Å². The van der Waals surface area contributed by atoms with Crippen LogP contribution in [0, 0.1) is 15.0 Å². The van der Waals surface area contributed by atoms with Crippen LogP contribution in [0.2, 0.25) is 0 Å². The fourth-order valence-electron chi connectivity index (χ4n) is 0. The molecule has 12 N–H and O–H groups in total.